The van der Waals surface area contributed by atoms with Gasteiger partial charge in [0.2, 0.25) is 0 Å². The van der Waals surface area contributed by atoms with Gasteiger partial charge in [0.25, 0.3) is 0 Å². The van der Waals surface area contributed by atoms with Gasteiger partial charge in [0.15, 0.2) is 11.5 Å². The van der Waals surface area contributed by atoms with Crippen molar-refractivity contribution in [3.8, 4) is 11.5 Å². The molecule has 0 saturated carbocycles. The van der Waals surface area contributed by atoms with Gasteiger partial charge in [-0.25, -0.2) is 0 Å². The first-order chi connectivity index (χ1) is 9.22. The summed E-state index contributed by atoms with van der Waals surface area (Å²) in [5, 5.41) is 3.94. The highest BCUT2D eigenvalue weighted by atomic mass is 35.5. The Kier molecular flexibility index (Phi) is 7.79. The molecular weight excluding hydrogens is 282 g/mol. The third-order valence-corrected chi connectivity index (χ3v) is 3.73. The second-order valence-corrected chi connectivity index (χ2v) is 5.41. The molecule has 0 aliphatic heterocycles. The number of nitrogens with one attached hydrogen (secondary N) is 1. The van der Waals surface area contributed by atoms with E-state index in [2.05, 4.69) is 11.9 Å². The number of hydrogen-bond acceptors (Lipinski definition) is 4. The number of rotatable bonds is 9. The van der Waals surface area contributed by atoms with Crippen molar-refractivity contribution in [3.05, 3.63) is 35.4 Å². The van der Waals surface area contributed by atoms with Gasteiger partial charge in [-0.1, -0.05) is 17.7 Å². The summed E-state index contributed by atoms with van der Waals surface area (Å²) in [5.74, 6) is 3.29. The number of hydrogen-bond donors (Lipinski definition) is 1. The molecule has 0 heterocycles. The van der Waals surface area contributed by atoms with Gasteiger partial charge >= 0.3 is 0 Å². The van der Waals surface area contributed by atoms with Crippen LogP contribution in [0.5, 0.6) is 11.5 Å². The molecule has 0 aromatic heterocycles. The van der Waals surface area contributed by atoms with Crippen molar-refractivity contribution in [1.29, 1.82) is 0 Å². The molecule has 0 saturated heterocycles. The normalized spacial score (nSPS) is 10.3. The van der Waals surface area contributed by atoms with Crippen LogP contribution in [0.2, 0.25) is 5.02 Å². The fourth-order valence-electron chi connectivity index (χ4n) is 1.62. The maximum absolute atomic E-state index is 6.15. The average molecular weight is 302 g/mol. The second kappa shape index (κ2) is 9.13. The highest BCUT2D eigenvalue weighted by molar-refractivity contribution is 7.99. The van der Waals surface area contributed by atoms with E-state index < -0.39 is 0 Å². The largest absolute Gasteiger partial charge is 0.493 e. The molecule has 0 aliphatic rings. The molecule has 0 aliphatic carbocycles. The molecule has 19 heavy (non-hydrogen) atoms. The quantitative estimate of drug-likeness (QED) is 0.559. The van der Waals surface area contributed by atoms with Gasteiger partial charge in [0, 0.05) is 24.6 Å². The summed E-state index contributed by atoms with van der Waals surface area (Å²) >= 11 is 8.00. The van der Waals surface area contributed by atoms with Crippen LogP contribution in [-0.2, 0) is 6.54 Å². The van der Waals surface area contributed by atoms with Crippen molar-refractivity contribution >= 4 is 23.4 Å². The van der Waals surface area contributed by atoms with Crippen LogP contribution >= 0.6 is 23.4 Å². The molecule has 0 radical (unpaired) electrons. The summed E-state index contributed by atoms with van der Waals surface area (Å²) in [5.41, 5.74) is 1.08. The Labute approximate surface area is 124 Å². The Morgan fingerprint density at radius 2 is 2.16 bits per heavy atom. The van der Waals surface area contributed by atoms with Crippen LogP contribution in [-0.4, -0.2) is 32.3 Å². The van der Waals surface area contributed by atoms with Crippen LogP contribution in [0, 0.1) is 0 Å². The highest BCUT2D eigenvalue weighted by Crippen LogP contribution is 2.35. The number of methoxy groups -OCH3 is 2. The van der Waals surface area contributed by atoms with Crippen LogP contribution < -0.4 is 14.8 Å². The standard InChI is InChI=1S/C14H20ClNO2S/c1-4-6-19-7-5-16-10-11-8-12(15)14(18-3)13(9-11)17-2/h4,8-9,16H,1,5-7,10H2,2-3H3. The van der Waals surface area contributed by atoms with Crippen molar-refractivity contribution in [2.45, 2.75) is 6.54 Å². The van der Waals surface area contributed by atoms with Gasteiger partial charge in [0.1, 0.15) is 0 Å². The predicted octanol–water partition coefficient (Wildman–Crippen LogP) is 3.37. The lowest BCUT2D eigenvalue weighted by Crippen LogP contribution is -2.16. The zero-order valence-corrected chi connectivity index (χ0v) is 12.9. The predicted molar refractivity (Wildman–Crippen MR) is 83.8 cm³/mol. The summed E-state index contributed by atoms with van der Waals surface area (Å²) in [6.45, 7) is 5.40. The monoisotopic (exact) mass is 301 g/mol. The molecule has 106 valence electrons. The van der Waals surface area contributed by atoms with Crippen LogP contribution in [0.1, 0.15) is 5.56 Å². The summed E-state index contributed by atoms with van der Waals surface area (Å²) in [7, 11) is 3.19. The molecule has 1 rings (SSSR count). The van der Waals surface area contributed by atoms with Crippen LogP contribution in [0.25, 0.3) is 0 Å². The van der Waals surface area contributed by atoms with E-state index in [4.69, 9.17) is 21.1 Å². The zero-order valence-electron chi connectivity index (χ0n) is 11.4. The summed E-state index contributed by atoms with van der Waals surface area (Å²) in [6.07, 6.45) is 1.92. The van der Waals surface area contributed by atoms with Crippen molar-refractivity contribution < 1.29 is 9.47 Å². The maximum Gasteiger partial charge on any atom is 0.179 e. The van der Waals surface area contributed by atoms with E-state index in [1.807, 2.05) is 30.0 Å². The molecule has 1 aromatic carbocycles. The number of ether oxygens (including phenoxy) is 2. The molecule has 0 bridgehead atoms. The second-order valence-electron chi connectivity index (χ2n) is 3.85. The van der Waals surface area contributed by atoms with Crippen LogP contribution in [0.15, 0.2) is 24.8 Å². The zero-order chi connectivity index (χ0) is 14.1. The van der Waals surface area contributed by atoms with E-state index in [1.54, 1.807) is 14.2 Å². The minimum Gasteiger partial charge on any atom is -0.493 e. The first-order valence-electron chi connectivity index (χ1n) is 6.02. The molecule has 0 spiro atoms. The average Bonchev–Trinajstić information content (AvgIpc) is 2.42. The molecule has 0 atom stereocenters. The molecular formula is C14H20ClNO2S. The maximum atomic E-state index is 6.15. The fourth-order valence-corrected chi connectivity index (χ4v) is 2.55. The number of benzene rings is 1. The van der Waals surface area contributed by atoms with Gasteiger partial charge < -0.3 is 14.8 Å². The van der Waals surface area contributed by atoms with Gasteiger partial charge in [-0.3, -0.25) is 0 Å². The van der Waals surface area contributed by atoms with Crippen molar-refractivity contribution in [1.82, 2.24) is 5.32 Å². The highest BCUT2D eigenvalue weighted by Gasteiger charge is 2.10. The Hall–Kier alpha value is -0.840. The molecule has 1 aromatic rings. The van der Waals surface area contributed by atoms with Crippen LogP contribution in [0.4, 0.5) is 0 Å². The fraction of sp³-hybridized carbons (Fsp3) is 0.429. The van der Waals surface area contributed by atoms with E-state index in [-0.39, 0.29) is 0 Å². The lowest BCUT2D eigenvalue weighted by molar-refractivity contribution is 0.354. The number of halogens is 1. The van der Waals surface area contributed by atoms with Crippen molar-refractivity contribution in [2.75, 3.05) is 32.3 Å². The molecule has 1 N–H and O–H groups in total. The Morgan fingerprint density at radius 1 is 1.37 bits per heavy atom. The smallest absolute Gasteiger partial charge is 0.179 e. The summed E-state index contributed by atoms with van der Waals surface area (Å²) < 4.78 is 10.5. The van der Waals surface area contributed by atoms with Gasteiger partial charge in [-0.05, 0) is 17.7 Å². The topological polar surface area (TPSA) is 30.5 Å². The minimum atomic E-state index is 0.569. The molecule has 0 amide bonds. The Bertz CT molecular complexity index is 413. The van der Waals surface area contributed by atoms with Gasteiger partial charge in [-0.2, -0.15) is 11.8 Å². The first-order valence-corrected chi connectivity index (χ1v) is 7.56. The summed E-state index contributed by atoms with van der Waals surface area (Å²) in [4.78, 5) is 0. The van der Waals surface area contributed by atoms with E-state index >= 15 is 0 Å². The van der Waals surface area contributed by atoms with Gasteiger partial charge in [0.05, 0.1) is 19.2 Å². The minimum absolute atomic E-state index is 0.569. The third-order valence-electron chi connectivity index (χ3n) is 2.48. The Balaban J connectivity index is 2.50. The SMILES string of the molecule is C=CCSCCNCc1cc(Cl)c(OC)c(OC)c1. The summed E-state index contributed by atoms with van der Waals surface area (Å²) in [6, 6.07) is 3.83. The van der Waals surface area contributed by atoms with E-state index in [9.17, 15) is 0 Å². The molecule has 5 heteroatoms. The van der Waals surface area contributed by atoms with Gasteiger partial charge in [-0.15, -0.1) is 6.58 Å². The van der Waals surface area contributed by atoms with E-state index in [0.717, 1.165) is 30.2 Å². The Morgan fingerprint density at radius 3 is 2.79 bits per heavy atom. The van der Waals surface area contributed by atoms with Crippen LogP contribution in [0.3, 0.4) is 0 Å². The molecule has 0 unspecified atom stereocenters. The van der Waals surface area contributed by atoms with Crippen molar-refractivity contribution in [2.24, 2.45) is 0 Å². The molecule has 3 nitrogen and oxygen atoms in total. The van der Waals surface area contributed by atoms with E-state index in [0.29, 0.717) is 16.5 Å². The van der Waals surface area contributed by atoms with E-state index in [1.165, 1.54) is 0 Å². The van der Waals surface area contributed by atoms with Crippen molar-refractivity contribution in [3.63, 3.8) is 0 Å². The lowest BCUT2D eigenvalue weighted by Gasteiger charge is -2.12. The third kappa shape index (κ3) is 5.35. The first kappa shape index (κ1) is 16.2. The lowest BCUT2D eigenvalue weighted by atomic mass is 10.2. The number of thioether (sulfide) groups is 1. The molecule has 0 fully saturated rings.